The quantitative estimate of drug-likeness (QED) is 0.616. The van der Waals surface area contributed by atoms with E-state index in [0.717, 1.165) is 5.75 Å². The van der Waals surface area contributed by atoms with E-state index in [1.807, 2.05) is 10.8 Å². The highest BCUT2D eigenvalue weighted by Crippen LogP contribution is 2.37. The molecule has 0 aromatic heterocycles. The first-order chi connectivity index (χ1) is 3.77. The predicted molar refractivity (Wildman–Crippen MR) is 42.1 cm³/mol. The third-order valence-electron chi connectivity index (χ3n) is 1.36. The molecule has 0 aromatic rings. The van der Waals surface area contributed by atoms with Gasteiger partial charge in [-0.1, -0.05) is 21.6 Å². The molecule has 0 radical (unpaired) electrons. The molecule has 8 heavy (non-hydrogen) atoms. The van der Waals surface area contributed by atoms with Gasteiger partial charge in [0.2, 0.25) is 0 Å². The van der Waals surface area contributed by atoms with Crippen LogP contribution in [0, 0.1) is 0 Å². The average molecular weight is 149 g/mol. The van der Waals surface area contributed by atoms with Crippen molar-refractivity contribution < 1.29 is 0 Å². The highest BCUT2D eigenvalue weighted by Gasteiger charge is 2.37. The molecule has 0 heterocycles. The first kappa shape index (κ1) is 6.78. The van der Waals surface area contributed by atoms with Crippen LogP contribution in [-0.2, 0) is 0 Å². The molecule has 0 aromatic carbocycles. The van der Waals surface area contributed by atoms with Crippen LogP contribution >= 0.6 is 21.6 Å². The van der Waals surface area contributed by atoms with Crippen molar-refractivity contribution in [3.8, 4) is 0 Å². The molecule has 0 amide bonds. The molecular weight excluding hydrogens is 138 g/mol. The topological polar surface area (TPSA) is 26.0 Å². The summed E-state index contributed by atoms with van der Waals surface area (Å²) in [6.45, 7) is 0. The molecule has 0 bridgehead atoms. The summed E-state index contributed by atoms with van der Waals surface area (Å²) in [6.07, 6.45) is 4.57. The molecule has 0 unspecified atom stereocenters. The maximum Gasteiger partial charge on any atom is 0.0255 e. The summed E-state index contributed by atoms with van der Waals surface area (Å²) in [6, 6.07) is 0. The Morgan fingerprint density at radius 3 is 2.62 bits per heavy atom. The maximum absolute atomic E-state index is 5.80. The van der Waals surface area contributed by atoms with Crippen LogP contribution in [0.4, 0.5) is 0 Å². The van der Waals surface area contributed by atoms with Gasteiger partial charge in [0.25, 0.3) is 0 Å². The third-order valence-corrected chi connectivity index (χ3v) is 3.35. The SMILES string of the molecule is CSSCC1(N)CC1. The Morgan fingerprint density at radius 1 is 1.62 bits per heavy atom. The largest absolute Gasteiger partial charge is 0.324 e. The second-order valence-corrected chi connectivity index (χ2v) is 4.86. The molecule has 48 valence electrons. The standard InChI is InChI=1S/C5H11NS2/c1-7-8-4-5(6)2-3-5/h2-4,6H2,1H3. The molecule has 1 nitrogen and oxygen atoms in total. The van der Waals surface area contributed by atoms with Crippen LogP contribution in [0.1, 0.15) is 12.8 Å². The minimum absolute atomic E-state index is 0.244. The van der Waals surface area contributed by atoms with Crippen LogP contribution in [0.2, 0.25) is 0 Å². The Morgan fingerprint density at radius 2 is 2.25 bits per heavy atom. The summed E-state index contributed by atoms with van der Waals surface area (Å²) in [5.41, 5.74) is 6.04. The van der Waals surface area contributed by atoms with E-state index in [4.69, 9.17) is 5.73 Å². The monoisotopic (exact) mass is 149 g/mol. The van der Waals surface area contributed by atoms with E-state index < -0.39 is 0 Å². The Balaban J connectivity index is 2.01. The highest BCUT2D eigenvalue weighted by atomic mass is 33.1. The molecule has 0 spiro atoms. The van der Waals surface area contributed by atoms with Crippen molar-refractivity contribution in [1.29, 1.82) is 0 Å². The zero-order chi connectivity index (χ0) is 6.04. The van der Waals surface area contributed by atoms with Gasteiger partial charge in [0.1, 0.15) is 0 Å². The van der Waals surface area contributed by atoms with Gasteiger partial charge in [-0.25, -0.2) is 0 Å². The summed E-state index contributed by atoms with van der Waals surface area (Å²) >= 11 is 0. The van der Waals surface area contributed by atoms with Crippen LogP contribution in [0.25, 0.3) is 0 Å². The lowest BCUT2D eigenvalue weighted by Crippen LogP contribution is -2.23. The van der Waals surface area contributed by atoms with Crippen molar-refractivity contribution in [1.82, 2.24) is 0 Å². The number of hydrogen-bond acceptors (Lipinski definition) is 3. The first-order valence-electron chi connectivity index (χ1n) is 2.71. The summed E-state index contributed by atoms with van der Waals surface area (Å²) < 4.78 is 0. The predicted octanol–water partition coefficient (Wildman–Crippen LogP) is 1.49. The fourth-order valence-electron chi connectivity index (χ4n) is 0.481. The second-order valence-electron chi connectivity index (χ2n) is 2.29. The molecule has 1 fully saturated rings. The van der Waals surface area contributed by atoms with Gasteiger partial charge in [0, 0.05) is 11.3 Å². The van der Waals surface area contributed by atoms with E-state index in [2.05, 4.69) is 6.26 Å². The lowest BCUT2D eigenvalue weighted by atomic mass is 10.4. The van der Waals surface area contributed by atoms with Crippen molar-refractivity contribution in [2.24, 2.45) is 5.73 Å². The van der Waals surface area contributed by atoms with Gasteiger partial charge in [-0.05, 0) is 19.1 Å². The third kappa shape index (κ3) is 1.88. The molecule has 0 atom stereocenters. The molecule has 1 aliphatic carbocycles. The van der Waals surface area contributed by atoms with Crippen LogP contribution in [0.15, 0.2) is 0 Å². The Bertz CT molecular complexity index is 80.5. The van der Waals surface area contributed by atoms with Gasteiger partial charge in [0.15, 0.2) is 0 Å². The first-order valence-corrected chi connectivity index (χ1v) is 5.44. The average Bonchev–Trinajstić information content (AvgIpc) is 2.45. The maximum atomic E-state index is 5.80. The Kier molecular flexibility index (Phi) is 2.12. The van der Waals surface area contributed by atoms with Gasteiger partial charge < -0.3 is 5.73 Å². The van der Waals surface area contributed by atoms with Crippen LogP contribution in [-0.4, -0.2) is 17.5 Å². The van der Waals surface area contributed by atoms with Gasteiger partial charge in [-0.2, -0.15) is 0 Å². The molecule has 1 rings (SSSR count). The minimum atomic E-state index is 0.244. The second kappa shape index (κ2) is 2.50. The summed E-state index contributed by atoms with van der Waals surface area (Å²) in [5, 5.41) is 0. The molecular formula is C5H11NS2. The normalized spacial score (nSPS) is 23.2. The summed E-state index contributed by atoms with van der Waals surface area (Å²) in [5.74, 6) is 1.13. The van der Waals surface area contributed by atoms with E-state index in [1.54, 1.807) is 10.8 Å². The zero-order valence-corrected chi connectivity index (χ0v) is 6.65. The summed E-state index contributed by atoms with van der Waals surface area (Å²) in [7, 11) is 3.67. The van der Waals surface area contributed by atoms with Crippen molar-refractivity contribution in [2.45, 2.75) is 18.4 Å². The van der Waals surface area contributed by atoms with Crippen molar-refractivity contribution in [3.05, 3.63) is 0 Å². The van der Waals surface area contributed by atoms with Crippen molar-refractivity contribution in [3.63, 3.8) is 0 Å². The molecule has 3 heteroatoms. The lowest BCUT2D eigenvalue weighted by Gasteiger charge is -2.03. The number of hydrogen-bond donors (Lipinski definition) is 1. The minimum Gasteiger partial charge on any atom is -0.324 e. The van der Waals surface area contributed by atoms with Crippen LogP contribution < -0.4 is 5.73 Å². The fourth-order valence-corrected chi connectivity index (χ4v) is 2.18. The Hall–Kier alpha value is 0.660. The number of nitrogens with two attached hydrogens (primary N) is 1. The molecule has 1 aliphatic rings. The summed E-state index contributed by atoms with van der Waals surface area (Å²) in [4.78, 5) is 0. The van der Waals surface area contributed by atoms with Crippen LogP contribution in [0.3, 0.4) is 0 Å². The number of rotatable bonds is 3. The molecule has 0 aliphatic heterocycles. The van der Waals surface area contributed by atoms with E-state index in [0.29, 0.717) is 0 Å². The van der Waals surface area contributed by atoms with E-state index in [-0.39, 0.29) is 5.54 Å². The van der Waals surface area contributed by atoms with Gasteiger partial charge >= 0.3 is 0 Å². The van der Waals surface area contributed by atoms with Crippen LogP contribution in [0.5, 0.6) is 0 Å². The van der Waals surface area contributed by atoms with E-state index >= 15 is 0 Å². The fraction of sp³-hybridized carbons (Fsp3) is 1.00. The molecule has 2 N–H and O–H groups in total. The van der Waals surface area contributed by atoms with Gasteiger partial charge in [-0.3, -0.25) is 0 Å². The smallest absolute Gasteiger partial charge is 0.0255 e. The zero-order valence-electron chi connectivity index (χ0n) is 5.02. The highest BCUT2D eigenvalue weighted by molar-refractivity contribution is 8.76. The Labute approximate surface area is 58.2 Å². The van der Waals surface area contributed by atoms with E-state index in [9.17, 15) is 0 Å². The van der Waals surface area contributed by atoms with Gasteiger partial charge in [-0.15, -0.1) is 0 Å². The molecule has 1 saturated carbocycles. The lowest BCUT2D eigenvalue weighted by molar-refractivity contribution is 0.778. The van der Waals surface area contributed by atoms with Crippen molar-refractivity contribution >= 4 is 21.6 Å². The molecule has 0 saturated heterocycles. The van der Waals surface area contributed by atoms with E-state index in [1.165, 1.54) is 12.8 Å². The van der Waals surface area contributed by atoms with Gasteiger partial charge in [0.05, 0.1) is 0 Å². The van der Waals surface area contributed by atoms with Crippen molar-refractivity contribution in [2.75, 3.05) is 12.0 Å².